The van der Waals surface area contributed by atoms with Gasteiger partial charge in [-0.3, -0.25) is 14.9 Å². The summed E-state index contributed by atoms with van der Waals surface area (Å²) in [5.41, 5.74) is -0.0227. The molecule has 0 bridgehead atoms. The molecule has 9 nitrogen and oxygen atoms in total. The number of rotatable bonds is 7. The Balaban J connectivity index is 1.53. The van der Waals surface area contributed by atoms with Crippen LogP contribution in [-0.2, 0) is 6.18 Å². The Bertz CT molecular complexity index is 1870. The highest BCUT2D eigenvalue weighted by molar-refractivity contribution is 6.31. The summed E-state index contributed by atoms with van der Waals surface area (Å²) in [6.07, 6.45) is -3.84. The van der Waals surface area contributed by atoms with Gasteiger partial charge in [0.1, 0.15) is 17.1 Å². The molecule has 0 radical (unpaired) electrons. The van der Waals surface area contributed by atoms with E-state index in [-0.39, 0.29) is 39.9 Å². The number of benzene rings is 3. The lowest BCUT2D eigenvalue weighted by molar-refractivity contribution is -0.384. The maximum Gasteiger partial charge on any atom is 0.433 e. The van der Waals surface area contributed by atoms with Gasteiger partial charge < -0.3 is 10.1 Å². The summed E-state index contributed by atoms with van der Waals surface area (Å²) < 4.78 is 48.5. The summed E-state index contributed by atoms with van der Waals surface area (Å²) in [5.74, 6) is -0.275. The lowest BCUT2D eigenvalue weighted by Gasteiger charge is -2.13. The number of nitrogens with one attached hydrogen (secondary N) is 1. The fraction of sp³-hybridized carbons (Fsp3) is 0.167. The van der Waals surface area contributed by atoms with Crippen molar-refractivity contribution >= 4 is 34.5 Å². The summed E-state index contributed by atoms with van der Waals surface area (Å²) in [5, 5.41) is 18.4. The molecule has 13 heteroatoms. The molecule has 220 valence electrons. The van der Waals surface area contributed by atoms with Gasteiger partial charge in [-0.05, 0) is 48.2 Å². The fourth-order valence-electron chi connectivity index (χ4n) is 4.35. The molecular weight excluding hydrogens is 587 g/mol. The number of halogens is 4. The highest BCUT2D eigenvalue weighted by atomic mass is 35.5. The third-order valence-electron chi connectivity index (χ3n) is 6.61. The Labute approximate surface area is 248 Å². The zero-order valence-electron chi connectivity index (χ0n) is 22.9. The number of hydrogen-bond acceptors (Lipinski definition) is 6. The van der Waals surface area contributed by atoms with Crippen LogP contribution in [0.4, 0.5) is 24.5 Å². The van der Waals surface area contributed by atoms with E-state index < -0.39 is 22.7 Å². The molecule has 0 saturated carbocycles. The number of hydrogen-bond donors (Lipinski definition) is 1. The van der Waals surface area contributed by atoms with Crippen LogP contribution < -0.4 is 10.1 Å². The van der Waals surface area contributed by atoms with E-state index in [2.05, 4.69) is 15.4 Å². The van der Waals surface area contributed by atoms with Gasteiger partial charge in [0.2, 0.25) is 0 Å². The molecule has 0 fully saturated rings. The van der Waals surface area contributed by atoms with Gasteiger partial charge in [-0.25, -0.2) is 9.50 Å². The van der Waals surface area contributed by atoms with E-state index in [4.69, 9.17) is 16.3 Å². The second-order valence-corrected chi connectivity index (χ2v) is 10.4. The molecule has 2 heterocycles. The molecule has 0 unspecified atom stereocenters. The number of alkyl halides is 3. The number of amides is 1. The molecule has 1 amide bonds. The van der Waals surface area contributed by atoms with E-state index in [9.17, 15) is 28.1 Å². The van der Waals surface area contributed by atoms with Crippen molar-refractivity contribution in [3.8, 4) is 22.8 Å². The van der Waals surface area contributed by atoms with E-state index in [1.807, 2.05) is 13.8 Å². The van der Waals surface area contributed by atoms with Crippen molar-refractivity contribution in [1.82, 2.24) is 14.6 Å². The molecule has 0 saturated heterocycles. The first-order valence-corrected chi connectivity index (χ1v) is 13.3. The van der Waals surface area contributed by atoms with Crippen LogP contribution in [0, 0.1) is 17.0 Å². The Kier molecular flexibility index (Phi) is 7.80. The minimum absolute atomic E-state index is 0.00558. The summed E-state index contributed by atoms with van der Waals surface area (Å²) in [7, 11) is 0. The number of nitro groups is 1. The molecule has 0 atom stereocenters. The molecule has 1 N–H and O–H groups in total. The van der Waals surface area contributed by atoms with Crippen molar-refractivity contribution < 1.29 is 27.6 Å². The number of fused-ring (bicyclic) bond motifs is 1. The van der Waals surface area contributed by atoms with Crippen molar-refractivity contribution in [2.45, 2.75) is 32.9 Å². The van der Waals surface area contributed by atoms with E-state index >= 15 is 0 Å². The van der Waals surface area contributed by atoms with E-state index in [0.717, 1.165) is 23.9 Å². The number of aryl methyl sites for hydroxylation is 1. The SMILES string of the molecule is Cc1cc(Oc2cc(NC(=O)c3cnn4c(C(F)(F)F)cc(-c5ccc(C(C)C)cc5)nc34)cc([N+](=O)[O-])c2)ccc1Cl. The van der Waals surface area contributed by atoms with Gasteiger partial charge in [-0.15, -0.1) is 0 Å². The molecule has 0 aliphatic heterocycles. The molecule has 43 heavy (non-hydrogen) atoms. The maximum atomic E-state index is 14.1. The number of aromatic nitrogens is 3. The lowest BCUT2D eigenvalue weighted by atomic mass is 10.0. The largest absolute Gasteiger partial charge is 0.457 e. The zero-order valence-corrected chi connectivity index (χ0v) is 23.7. The van der Waals surface area contributed by atoms with Gasteiger partial charge in [0.15, 0.2) is 11.3 Å². The Hall–Kier alpha value is -4.97. The summed E-state index contributed by atoms with van der Waals surface area (Å²) >= 11 is 6.05. The molecule has 0 spiro atoms. The summed E-state index contributed by atoms with van der Waals surface area (Å²) in [6.45, 7) is 5.75. The van der Waals surface area contributed by atoms with Crippen LogP contribution in [0.15, 0.2) is 72.9 Å². The highest BCUT2D eigenvalue weighted by Gasteiger charge is 2.36. The molecule has 5 aromatic rings. The quantitative estimate of drug-likeness (QED) is 0.146. The Morgan fingerprint density at radius 2 is 1.77 bits per heavy atom. The monoisotopic (exact) mass is 609 g/mol. The lowest BCUT2D eigenvalue weighted by Crippen LogP contribution is -2.16. The second-order valence-electron chi connectivity index (χ2n) is 10.0. The van der Waals surface area contributed by atoms with Gasteiger partial charge >= 0.3 is 6.18 Å². The number of non-ortho nitro benzene ring substituents is 1. The van der Waals surface area contributed by atoms with Gasteiger partial charge in [0.25, 0.3) is 11.6 Å². The van der Waals surface area contributed by atoms with Crippen LogP contribution in [-0.4, -0.2) is 25.4 Å². The number of carbonyl (C=O) groups is 1. The molecule has 2 aromatic heterocycles. The Morgan fingerprint density at radius 1 is 1.05 bits per heavy atom. The van der Waals surface area contributed by atoms with Crippen LogP contribution in [0.2, 0.25) is 5.02 Å². The third-order valence-corrected chi connectivity index (χ3v) is 7.03. The normalized spacial score (nSPS) is 11.6. The van der Waals surface area contributed by atoms with Crippen LogP contribution in [0.25, 0.3) is 16.9 Å². The number of ether oxygens (including phenoxy) is 1. The minimum atomic E-state index is -4.81. The smallest absolute Gasteiger partial charge is 0.433 e. The maximum absolute atomic E-state index is 14.1. The predicted octanol–water partition coefficient (Wildman–Crippen LogP) is 8.45. The fourth-order valence-corrected chi connectivity index (χ4v) is 4.46. The first-order chi connectivity index (χ1) is 20.3. The van der Waals surface area contributed by atoms with Crippen molar-refractivity contribution in [2.75, 3.05) is 5.32 Å². The van der Waals surface area contributed by atoms with Crippen molar-refractivity contribution in [3.05, 3.63) is 110 Å². The van der Waals surface area contributed by atoms with Gasteiger partial charge in [0.05, 0.1) is 28.6 Å². The minimum Gasteiger partial charge on any atom is -0.457 e. The van der Waals surface area contributed by atoms with E-state index in [1.165, 1.54) is 12.1 Å². The van der Waals surface area contributed by atoms with Crippen molar-refractivity contribution in [3.63, 3.8) is 0 Å². The average Bonchev–Trinajstić information content (AvgIpc) is 3.38. The number of nitrogens with zero attached hydrogens (tertiary/aromatic N) is 4. The second kappa shape index (κ2) is 11.4. The van der Waals surface area contributed by atoms with Crippen LogP contribution in [0.3, 0.4) is 0 Å². The molecule has 5 rings (SSSR count). The van der Waals surface area contributed by atoms with Crippen LogP contribution in [0.1, 0.15) is 46.9 Å². The highest BCUT2D eigenvalue weighted by Crippen LogP contribution is 2.34. The molecular formula is C30H23ClF3N5O4. The zero-order chi connectivity index (χ0) is 31.1. The molecule has 0 aliphatic carbocycles. The third kappa shape index (κ3) is 6.28. The summed E-state index contributed by atoms with van der Waals surface area (Å²) in [6, 6.07) is 16.2. The number of anilines is 1. The first kappa shape index (κ1) is 29.5. The number of nitro benzene ring substituents is 1. The van der Waals surface area contributed by atoms with Crippen molar-refractivity contribution in [2.24, 2.45) is 0 Å². The topological polar surface area (TPSA) is 112 Å². The first-order valence-electron chi connectivity index (χ1n) is 12.9. The molecule has 3 aromatic carbocycles. The Morgan fingerprint density at radius 3 is 2.40 bits per heavy atom. The van der Waals surface area contributed by atoms with E-state index in [1.54, 1.807) is 49.4 Å². The summed E-state index contributed by atoms with van der Waals surface area (Å²) in [4.78, 5) is 28.6. The van der Waals surface area contributed by atoms with Crippen LogP contribution in [0.5, 0.6) is 11.5 Å². The van der Waals surface area contributed by atoms with Gasteiger partial charge in [-0.1, -0.05) is 49.7 Å². The van der Waals surface area contributed by atoms with E-state index in [0.29, 0.717) is 26.4 Å². The predicted molar refractivity (Wildman–Crippen MR) is 155 cm³/mol. The van der Waals surface area contributed by atoms with Crippen LogP contribution >= 0.6 is 11.6 Å². The average molecular weight is 610 g/mol. The standard InChI is InChI=1S/C30H23ClF3N5O4/c1-16(2)18-4-6-19(7-5-18)26-14-27(30(32,33)34)38-28(37-26)24(15-35-38)29(40)36-20-11-21(39(41)42)13-23(12-20)43-22-8-9-25(31)17(3)10-22/h4-16H,1-3H3,(H,36,40). The van der Waals surface area contributed by atoms with Gasteiger partial charge in [-0.2, -0.15) is 18.3 Å². The number of carbonyl (C=O) groups excluding carboxylic acids is 1. The van der Waals surface area contributed by atoms with Crippen molar-refractivity contribution in [1.29, 1.82) is 0 Å². The van der Waals surface area contributed by atoms with Gasteiger partial charge in [0, 0.05) is 22.7 Å². The molecule has 0 aliphatic rings.